The van der Waals surface area contributed by atoms with Gasteiger partial charge in [0, 0.05) is 12.4 Å². The number of ether oxygens (including phenoxy) is 1. The Hall–Kier alpha value is -1.69. The Bertz CT molecular complexity index is 397. The molecule has 1 aliphatic rings. The quantitative estimate of drug-likeness (QED) is 0.766. The van der Waals surface area contributed by atoms with Gasteiger partial charge in [0.25, 0.3) is 0 Å². The highest BCUT2D eigenvalue weighted by atomic mass is 16.5. The molecule has 0 aliphatic carbocycles. The summed E-state index contributed by atoms with van der Waals surface area (Å²) in [7, 11) is 0. The van der Waals surface area contributed by atoms with Crippen LogP contribution in [0.4, 0.5) is 5.82 Å². The predicted molar refractivity (Wildman–Crippen MR) is 56.1 cm³/mol. The molecule has 1 saturated heterocycles. The molecular formula is C10H13N3O3. The number of aromatic nitrogens is 2. The largest absolute Gasteiger partial charge is 0.481 e. The van der Waals surface area contributed by atoms with Gasteiger partial charge in [0.15, 0.2) is 0 Å². The van der Waals surface area contributed by atoms with E-state index in [4.69, 9.17) is 9.84 Å². The second-order valence-corrected chi connectivity index (χ2v) is 3.72. The monoisotopic (exact) mass is 223 g/mol. The number of hydrogen-bond acceptors (Lipinski definition) is 5. The van der Waals surface area contributed by atoms with E-state index >= 15 is 0 Å². The zero-order chi connectivity index (χ0) is 11.5. The molecule has 0 saturated carbocycles. The van der Waals surface area contributed by atoms with Gasteiger partial charge in [0.1, 0.15) is 11.7 Å². The van der Waals surface area contributed by atoms with Crippen LogP contribution in [0.25, 0.3) is 0 Å². The van der Waals surface area contributed by atoms with Crippen LogP contribution >= 0.6 is 0 Å². The van der Waals surface area contributed by atoms with Crippen molar-refractivity contribution in [2.45, 2.75) is 13.0 Å². The SMILES string of the molecule is Cc1nccnc1NC1COCC1C(=O)O. The summed E-state index contributed by atoms with van der Waals surface area (Å²) >= 11 is 0. The summed E-state index contributed by atoms with van der Waals surface area (Å²) in [5, 5.41) is 12.0. The molecule has 2 rings (SSSR count). The third kappa shape index (κ3) is 2.11. The highest BCUT2D eigenvalue weighted by Crippen LogP contribution is 2.19. The van der Waals surface area contributed by atoms with Crippen molar-refractivity contribution in [1.82, 2.24) is 9.97 Å². The lowest BCUT2D eigenvalue weighted by molar-refractivity contribution is -0.141. The summed E-state index contributed by atoms with van der Waals surface area (Å²) in [6.45, 7) is 2.44. The molecule has 2 N–H and O–H groups in total. The highest BCUT2D eigenvalue weighted by Gasteiger charge is 2.34. The van der Waals surface area contributed by atoms with Crippen LogP contribution in [-0.4, -0.2) is 40.3 Å². The Morgan fingerprint density at radius 3 is 2.94 bits per heavy atom. The number of carboxylic acids is 1. The number of aliphatic carboxylic acids is 1. The number of hydrogen-bond donors (Lipinski definition) is 2. The van der Waals surface area contributed by atoms with Crippen molar-refractivity contribution < 1.29 is 14.6 Å². The van der Waals surface area contributed by atoms with Gasteiger partial charge < -0.3 is 15.2 Å². The lowest BCUT2D eigenvalue weighted by Gasteiger charge is -2.16. The van der Waals surface area contributed by atoms with E-state index in [9.17, 15) is 4.79 Å². The number of carboxylic acid groups (broad SMARTS) is 1. The van der Waals surface area contributed by atoms with Gasteiger partial charge in [-0.05, 0) is 6.92 Å². The smallest absolute Gasteiger partial charge is 0.311 e. The van der Waals surface area contributed by atoms with Crippen LogP contribution in [0.2, 0.25) is 0 Å². The van der Waals surface area contributed by atoms with Crippen LogP contribution in [0, 0.1) is 12.8 Å². The maximum atomic E-state index is 10.9. The summed E-state index contributed by atoms with van der Waals surface area (Å²) in [5.41, 5.74) is 0.749. The Morgan fingerprint density at radius 1 is 1.50 bits per heavy atom. The van der Waals surface area contributed by atoms with Crippen LogP contribution < -0.4 is 5.32 Å². The molecule has 2 heterocycles. The van der Waals surface area contributed by atoms with Crippen molar-refractivity contribution >= 4 is 11.8 Å². The van der Waals surface area contributed by atoms with Crippen LogP contribution in [0.5, 0.6) is 0 Å². The molecule has 1 aromatic rings. The van der Waals surface area contributed by atoms with E-state index in [1.165, 1.54) is 0 Å². The Morgan fingerprint density at radius 2 is 2.25 bits per heavy atom. The Balaban J connectivity index is 2.10. The molecular weight excluding hydrogens is 210 g/mol. The van der Waals surface area contributed by atoms with E-state index < -0.39 is 11.9 Å². The molecule has 0 bridgehead atoms. The van der Waals surface area contributed by atoms with Crippen molar-refractivity contribution in [1.29, 1.82) is 0 Å². The topological polar surface area (TPSA) is 84.3 Å². The fourth-order valence-corrected chi connectivity index (χ4v) is 1.66. The van der Waals surface area contributed by atoms with Crippen LogP contribution in [0.1, 0.15) is 5.69 Å². The molecule has 0 radical (unpaired) electrons. The normalized spacial score (nSPS) is 24.3. The first-order valence-corrected chi connectivity index (χ1v) is 5.03. The Kier molecular flexibility index (Phi) is 3.00. The van der Waals surface area contributed by atoms with E-state index in [0.717, 1.165) is 5.69 Å². The van der Waals surface area contributed by atoms with Gasteiger partial charge >= 0.3 is 5.97 Å². The summed E-state index contributed by atoms with van der Waals surface area (Å²) in [6, 6.07) is -0.243. The zero-order valence-electron chi connectivity index (χ0n) is 8.88. The molecule has 1 fully saturated rings. The van der Waals surface area contributed by atoms with Gasteiger partial charge in [-0.15, -0.1) is 0 Å². The maximum absolute atomic E-state index is 10.9. The molecule has 0 spiro atoms. The standard InChI is InChI=1S/C10H13N3O3/c1-6-9(12-3-2-11-6)13-8-5-16-4-7(8)10(14)15/h2-3,7-8H,4-5H2,1H3,(H,12,13)(H,14,15). The number of rotatable bonds is 3. The maximum Gasteiger partial charge on any atom is 0.311 e. The minimum Gasteiger partial charge on any atom is -0.481 e. The van der Waals surface area contributed by atoms with Gasteiger partial charge in [0.05, 0.1) is 24.9 Å². The van der Waals surface area contributed by atoms with E-state index in [0.29, 0.717) is 12.4 Å². The van der Waals surface area contributed by atoms with Gasteiger partial charge in [-0.1, -0.05) is 0 Å². The molecule has 2 unspecified atom stereocenters. The average Bonchev–Trinajstić information content (AvgIpc) is 2.69. The van der Waals surface area contributed by atoms with Crippen molar-refractivity contribution in [2.75, 3.05) is 18.5 Å². The number of anilines is 1. The number of nitrogens with one attached hydrogen (secondary N) is 1. The lowest BCUT2D eigenvalue weighted by atomic mass is 10.0. The van der Waals surface area contributed by atoms with Crippen LogP contribution in [-0.2, 0) is 9.53 Å². The molecule has 16 heavy (non-hydrogen) atoms. The van der Waals surface area contributed by atoms with Gasteiger partial charge in [-0.2, -0.15) is 0 Å². The van der Waals surface area contributed by atoms with Crippen molar-refractivity contribution in [3.05, 3.63) is 18.1 Å². The van der Waals surface area contributed by atoms with Crippen LogP contribution in [0.15, 0.2) is 12.4 Å². The first-order chi connectivity index (χ1) is 7.68. The molecule has 0 aromatic carbocycles. The van der Waals surface area contributed by atoms with Crippen molar-refractivity contribution in [2.24, 2.45) is 5.92 Å². The Labute approximate surface area is 92.7 Å². The first kappa shape index (κ1) is 10.8. The summed E-state index contributed by atoms with van der Waals surface area (Å²) in [5.74, 6) is -0.762. The van der Waals surface area contributed by atoms with Gasteiger partial charge in [-0.3, -0.25) is 9.78 Å². The van der Waals surface area contributed by atoms with E-state index in [1.54, 1.807) is 12.4 Å². The third-order valence-corrected chi connectivity index (χ3v) is 2.60. The summed E-state index contributed by atoms with van der Waals surface area (Å²) < 4.78 is 5.15. The fourth-order valence-electron chi connectivity index (χ4n) is 1.66. The predicted octanol–water partition coefficient (Wildman–Crippen LogP) is 0.297. The number of aryl methyl sites for hydroxylation is 1. The number of nitrogens with zero attached hydrogens (tertiary/aromatic N) is 2. The highest BCUT2D eigenvalue weighted by molar-refractivity contribution is 5.72. The number of carbonyl (C=O) groups is 1. The van der Waals surface area contributed by atoms with Gasteiger partial charge in [0.2, 0.25) is 0 Å². The first-order valence-electron chi connectivity index (χ1n) is 5.03. The van der Waals surface area contributed by atoms with Crippen LogP contribution in [0.3, 0.4) is 0 Å². The van der Waals surface area contributed by atoms with Crippen molar-refractivity contribution in [3.8, 4) is 0 Å². The second-order valence-electron chi connectivity index (χ2n) is 3.72. The van der Waals surface area contributed by atoms with E-state index in [-0.39, 0.29) is 12.6 Å². The second kappa shape index (κ2) is 4.44. The molecule has 86 valence electrons. The molecule has 0 amide bonds. The van der Waals surface area contributed by atoms with E-state index in [2.05, 4.69) is 15.3 Å². The molecule has 2 atom stereocenters. The molecule has 1 aliphatic heterocycles. The fraction of sp³-hybridized carbons (Fsp3) is 0.500. The summed E-state index contributed by atoms with van der Waals surface area (Å²) in [4.78, 5) is 19.1. The molecule has 6 nitrogen and oxygen atoms in total. The molecule has 6 heteroatoms. The minimum absolute atomic E-state index is 0.242. The lowest BCUT2D eigenvalue weighted by Crippen LogP contribution is -2.33. The average molecular weight is 223 g/mol. The third-order valence-electron chi connectivity index (χ3n) is 2.60. The minimum atomic E-state index is -0.850. The summed E-state index contributed by atoms with van der Waals surface area (Å²) in [6.07, 6.45) is 3.17. The molecule has 1 aromatic heterocycles. The van der Waals surface area contributed by atoms with Crippen molar-refractivity contribution in [3.63, 3.8) is 0 Å². The van der Waals surface area contributed by atoms with E-state index in [1.807, 2.05) is 6.92 Å². The zero-order valence-corrected chi connectivity index (χ0v) is 8.88. The van der Waals surface area contributed by atoms with Gasteiger partial charge in [-0.25, -0.2) is 4.98 Å².